The van der Waals surface area contributed by atoms with E-state index < -0.39 is 6.10 Å². The van der Waals surface area contributed by atoms with Gasteiger partial charge in [-0.2, -0.15) is 0 Å². The number of amides is 1. The lowest BCUT2D eigenvalue weighted by Crippen LogP contribution is -2.51. The number of carbonyl (C=O) groups is 1. The molecule has 1 unspecified atom stereocenters. The summed E-state index contributed by atoms with van der Waals surface area (Å²) in [4.78, 5) is 16.5. The van der Waals surface area contributed by atoms with E-state index in [4.69, 9.17) is 9.47 Å². The van der Waals surface area contributed by atoms with Crippen LogP contribution >= 0.6 is 0 Å². The van der Waals surface area contributed by atoms with Crippen molar-refractivity contribution in [1.29, 1.82) is 0 Å². The lowest BCUT2D eigenvalue weighted by Gasteiger charge is -2.35. The van der Waals surface area contributed by atoms with Crippen molar-refractivity contribution < 1.29 is 23.8 Å². The second kappa shape index (κ2) is 11.1. The summed E-state index contributed by atoms with van der Waals surface area (Å²) < 4.78 is 24.9. The molecule has 0 bridgehead atoms. The summed E-state index contributed by atoms with van der Waals surface area (Å²) >= 11 is 0. The van der Waals surface area contributed by atoms with E-state index in [2.05, 4.69) is 4.90 Å². The molecule has 1 aliphatic heterocycles. The maximum absolute atomic E-state index is 13.8. The number of benzene rings is 2. The van der Waals surface area contributed by atoms with Gasteiger partial charge in [-0.05, 0) is 49.2 Å². The minimum Gasteiger partial charge on any atom is -0.493 e. The molecule has 6 nitrogen and oxygen atoms in total. The number of ether oxygens (including phenoxy) is 2. The minimum atomic E-state index is -0.677. The number of allylic oxidation sites excluding steroid dienone is 1. The highest BCUT2D eigenvalue weighted by Gasteiger charge is 2.24. The zero-order valence-electron chi connectivity index (χ0n) is 18.9. The van der Waals surface area contributed by atoms with Gasteiger partial charge in [0.05, 0.1) is 7.11 Å². The number of carbonyl (C=O) groups excluding carboxylic acids is 1. The van der Waals surface area contributed by atoms with Crippen molar-refractivity contribution in [3.63, 3.8) is 0 Å². The number of aryl methyl sites for hydroxylation is 1. The molecule has 32 heavy (non-hydrogen) atoms. The van der Waals surface area contributed by atoms with E-state index in [1.165, 1.54) is 6.07 Å². The molecular weight excluding hydrogens is 411 g/mol. The van der Waals surface area contributed by atoms with Gasteiger partial charge in [0, 0.05) is 38.3 Å². The topological polar surface area (TPSA) is 62.2 Å². The van der Waals surface area contributed by atoms with Gasteiger partial charge in [0.1, 0.15) is 18.5 Å². The fraction of sp³-hybridized carbons (Fsp3) is 0.400. The fourth-order valence-electron chi connectivity index (χ4n) is 3.68. The highest BCUT2D eigenvalue weighted by atomic mass is 19.1. The number of hydrogen-bond acceptors (Lipinski definition) is 5. The first-order valence-electron chi connectivity index (χ1n) is 10.8. The van der Waals surface area contributed by atoms with Crippen LogP contribution in [0, 0.1) is 12.7 Å². The van der Waals surface area contributed by atoms with Gasteiger partial charge >= 0.3 is 0 Å². The smallest absolute Gasteiger partial charge is 0.254 e. The second-order valence-electron chi connectivity index (χ2n) is 7.93. The molecule has 2 aromatic carbocycles. The molecule has 0 saturated carbocycles. The van der Waals surface area contributed by atoms with Crippen molar-refractivity contribution in [2.24, 2.45) is 0 Å². The summed E-state index contributed by atoms with van der Waals surface area (Å²) in [6, 6.07) is 10.2. The van der Waals surface area contributed by atoms with Crippen molar-refractivity contribution in [3.05, 3.63) is 65.0 Å². The van der Waals surface area contributed by atoms with Crippen LogP contribution in [0.5, 0.6) is 11.5 Å². The molecule has 7 heteroatoms. The molecule has 0 spiro atoms. The Morgan fingerprint density at radius 3 is 2.56 bits per heavy atom. The molecule has 1 heterocycles. The predicted octanol–water partition coefficient (Wildman–Crippen LogP) is 3.37. The molecule has 1 fully saturated rings. The number of hydrogen-bond donors (Lipinski definition) is 1. The summed E-state index contributed by atoms with van der Waals surface area (Å²) in [6.07, 6.45) is 3.25. The van der Waals surface area contributed by atoms with Gasteiger partial charge < -0.3 is 19.5 Å². The number of β-amino-alcohol motifs (C(OH)–C–C–N with tert-alkyl or cyclic N) is 1. The van der Waals surface area contributed by atoms with Gasteiger partial charge in [-0.25, -0.2) is 4.39 Å². The average molecular weight is 443 g/mol. The van der Waals surface area contributed by atoms with E-state index in [-0.39, 0.29) is 18.3 Å². The monoisotopic (exact) mass is 442 g/mol. The van der Waals surface area contributed by atoms with Crippen LogP contribution in [0.1, 0.15) is 28.4 Å². The molecule has 1 N–H and O–H groups in total. The SMILES string of the molecule is C/C=C/c1ccc(OCC(O)CN2CCN(C(=O)c3ccc(C)c(F)c3)CC2)c(OC)c1. The molecule has 0 aromatic heterocycles. The summed E-state index contributed by atoms with van der Waals surface area (Å²) in [5.74, 6) is 0.666. The molecule has 172 valence electrons. The standard InChI is InChI=1S/C25H31FN2O4/c1-4-5-19-7-9-23(24(14-19)31-3)32-17-21(29)16-27-10-12-28(13-11-27)25(30)20-8-6-18(2)22(26)15-20/h4-9,14-15,21,29H,10-13,16-17H2,1-3H3/b5-4+. The maximum Gasteiger partial charge on any atom is 0.254 e. The third-order valence-corrected chi connectivity index (χ3v) is 5.53. The molecule has 1 aliphatic rings. The van der Waals surface area contributed by atoms with Gasteiger partial charge in [-0.3, -0.25) is 9.69 Å². The maximum atomic E-state index is 13.8. The van der Waals surface area contributed by atoms with Gasteiger partial charge in [0.15, 0.2) is 11.5 Å². The van der Waals surface area contributed by atoms with Crippen molar-refractivity contribution in [3.8, 4) is 11.5 Å². The Hall–Kier alpha value is -2.90. The van der Waals surface area contributed by atoms with E-state index in [0.29, 0.717) is 55.3 Å². The molecule has 1 atom stereocenters. The third-order valence-electron chi connectivity index (χ3n) is 5.53. The zero-order chi connectivity index (χ0) is 23.1. The Bertz CT molecular complexity index is 955. The van der Waals surface area contributed by atoms with Gasteiger partial charge in [0.2, 0.25) is 0 Å². The largest absolute Gasteiger partial charge is 0.493 e. The molecule has 1 amide bonds. The van der Waals surface area contributed by atoms with Crippen molar-refractivity contribution in [2.45, 2.75) is 20.0 Å². The lowest BCUT2D eigenvalue weighted by molar-refractivity contribution is 0.0400. The third kappa shape index (κ3) is 6.08. The summed E-state index contributed by atoms with van der Waals surface area (Å²) in [5.41, 5.74) is 1.90. The lowest BCUT2D eigenvalue weighted by atomic mass is 10.1. The number of piperazine rings is 1. The molecule has 2 aromatic rings. The summed E-state index contributed by atoms with van der Waals surface area (Å²) in [5, 5.41) is 10.4. The van der Waals surface area contributed by atoms with Crippen LogP contribution in [0.3, 0.4) is 0 Å². The molecule has 0 radical (unpaired) electrons. The van der Waals surface area contributed by atoms with E-state index in [1.807, 2.05) is 37.3 Å². The van der Waals surface area contributed by atoms with E-state index in [1.54, 1.807) is 31.1 Å². The quantitative estimate of drug-likeness (QED) is 0.679. The number of halogens is 1. The van der Waals surface area contributed by atoms with Crippen molar-refractivity contribution in [1.82, 2.24) is 9.80 Å². The van der Waals surface area contributed by atoms with Crippen LogP contribution in [0.2, 0.25) is 0 Å². The van der Waals surface area contributed by atoms with Gasteiger partial charge in [-0.15, -0.1) is 0 Å². The highest BCUT2D eigenvalue weighted by Crippen LogP contribution is 2.28. The number of aliphatic hydroxyl groups is 1. The first-order valence-corrected chi connectivity index (χ1v) is 10.8. The number of nitrogens with zero attached hydrogens (tertiary/aromatic N) is 2. The van der Waals surface area contributed by atoms with Gasteiger partial charge in [0.25, 0.3) is 5.91 Å². The Morgan fingerprint density at radius 1 is 1.16 bits per heavy atom. The van der Waals surface area contributed by atoms with E-state index in [9.17, 15) is 14.3 Å². The molecule has 1 saturated heterocycles. The second-order valence-corrected chi connectivity index (χ2v) is 7.93. The van der Waals surface area contributed by atoms with Crippen molar-refractivity contribution >= 4 is 12.0 Å². The Kier molecular flexibility index (Phi) is 8.25. The predicted molar refractivity (Wildman–Crippen MR) is 123 cm³/mol. The van der Waals surface area contributed by atoms with Crippen LogP contribution in [0.15, 0.2) is 42.5 Å². The highest BCUT2D eigenvalue weighted by molar-refractivity contribution is 5.94. The molecular formula is C25H31FN2O4. The number of rotatable bonds is 8. The van der Waals surface area contributed by atoms with Crippen LogP contribution in [0.25, 0.3) is 6.08 Å². The first kappa shape index (κ1) is 23.8. The van der Waals surface area contributed by atoms with Crippen LogP contribution in [0.4, 0.5) is 4.39 Å². The van der Waals surface area contributed by atoms with Gasteiger partial charge in [-0.1, -0.05) is 24.3 Å². The van der Waals surface area contributed by atoms with Crippen LogP contribution < -0.4 is 9.47 Å². The first-order chi connectivity index (χ1) is 15.4. The number of methoxy groups -OCH3 is 1. The molecule has 0 aliphatic carbocycles. The number of aliphatic hydroxyl groups excluding tert-OH is 1. The van der Waals surface area contributed by atoms with Crippen LogP contribution in [-0.2, 0) is 0 Å². The average Bonchev–Trinajstić information content (AvgIpc) is 2.80. The summed E-state index contributed by atoms with van der Waals surface area (Å²) in [6.45, 7) is 6.54. The van der Waals surface area contributed by atoms with Crippen LogP contribution in [-0.4, -0.2) is 73.4 Å². The Balaban J connectivity index is 1.47. The molecule has 3 rings (SSSR count). The zero-order valence-corrected chi connectivity index (χ0v) is 18.9. The normalized spacial score (nSPS) is 15.7. The summed E-state index contributed by atoms with van der Waals surface area (Å²) in [7, 11) is 1.59. The van der Waals surface area contributed by atoms with Crippen molar-refractivity contribution in [2.75, 3.05) is 46.4 Å². The Morgan fingerprint density at radius 2 is 1.91 bits per heavy atom. The minimum absolute atomic E-state index is 0.140. The Labute approximate surface area is 188 Å². The van der Waals surface area contributed by atoms with E-state index >= 15 is 0 Å². The fourth-order valence-corrected chi connectivity index (χ4v) is 3.68. The van der Waals surface area contributed by atoms with E-state index in [0.717, 1.165) is 5.56 Å².